The van der Waals surface area contributed by atoms with E-state index in [1.807, 2.05) is 25.2 Å². The Morgan fingerprint density at radius 1 is 1.11 bits per heavy atom. The Morgan fingerprint density at radius 2 is 1.82 bits per heavy atom. The van der Waals surface area contributed by atoms with Gasteiger partial charge in [-0.15, -0.1) is 24.0 Å². The molecule has 0 spiro atoms. The Kier molecular flexibility index (Phi) is 11.6. The van der Waals surface area contributed by atoms with Crippen molar-refractivity contribution in [3.63, 3.8) is 0 Å². The van der Waals surface area contributed by atoms with E-state index in [0.717, 1.165) is 49.2 Å². The molecule has 1 aliphatic carbocycles. The first kappa shape index (κ1) is 24.8. The van der Waals surface area contributed by atoms with Gasteiger partial charge in [0.15, 0.2) is 17.5 Å². The lowest BCUT2D eigenvalue weighted by Gasteiger charge is -2.30. The van der Waals surface area contributed by atoms with E-state index in [4.69, 9.17) is 14.2 Å². The highest BCUT2D eigenvalue weighted by Crippen LogP contribution is 2.40. The van der Waals surface area contributed by atoms with Crippen LogP contribution in [-0.4, -0.2) is 47.0 Å². The number of aliphatic imine (C=N–C) groups is 1. The number of hydrogen-bond acceptors (Lipinski definition) is 4. The maximum atomic E-state index is 5.60. The Bertz CT molecular complexity index is 605. The minimum atomic E-state index is 0. The van der Waals surface area contributed by atoms with Crippen LogP contribution >= 0.6 is 24.0 Å². The summed E-state index contributed by atoms with van der Waals surface area (Å²) in [5, 5.41) is 6.92. The lowest BCUT2D eigenvalue weighted by atomic mass is 9.83. The average molecular weight is 505 g/mol. The molecule has 1 aliphatic rings. The van der Waals surface area contributed by atoms with Crippen molar-refractivity contribution in [1.82, 2.24) is 10.6 Å². The van der Waals surface area contributed by atoms with Crippen LogP contribution in [0.15, 0.2) is 23.2 Å². The lowest BCUT2D eigenvalue weighted by molar-refractivity contribution is 0.105. The molecule has 0 unspecified atom stereocenters. The quantitative estimate of drug-likeness (QED) is 0.218. The maximum Gasteiger partial charge on any atom is 0.191 e. The van der Waals surface area contributed by atoms with Gasteiger partial charge in [-0.05, 0) is 49.3 Å². The molecule has 0 aromatic heterocycles. The molecule has 0 saturated heterocycles. The van der Waals surface area contributed by atoms with Crippen LogP contribution in [0, 0.1) is 5.41 Å². The van der Waals surface area contributed by atoms with Gasteiger partial charge in [0.25, 0.3) is 0 Å². The molecule has 0 aliphatic heterocycles. The minimum absolute atomic E-state index is 0. The van der Waals surface area contributed by atoms with Crippen LogP contribution in [0.5, 0.6) is 11.5 Å². The fourth-order valence-electron chi connectivity index (χ4n) is 3.74. The standard InChI is InChI=1S/C21H35N3O3.HI/c1-5-27-13-12-21(10-6-7-11-21)16-24-20(22-2)23-15-17-8-9-18(25-3)19(14-17)26-4;/h8-9,14H,5-7,10-13,15-16H2,1-4H3,(H2,22,23,24);1H. The third-order valence-corrected chi connectivity index (χ3v) is 5.41. The number of benzene rings is 1. The zero-order chi connectivity index (χ0) is 19.5. The number of guanidine groups is 1. The monoisotopic (exact) mass is 505 g/mol. The summed E-state index contributed by atoms with van der Waals surface area (Å²) >= 11 is 0. The summed E-state index contributed by atoms with van der Waals surface area (Å²) in [6.07, 6.45) is 6.26. The van der Waals surface area contributed by atoms with Crippen molar-refractivity contribution in [3.8, 4) is 11.5 Å². The van der Waals surface area contributed by atoms with Crippen LogP contribution in [-0.2, 0) is 11.3 Å². The van der Waals surface area contributed by atoms with E-state index in [9.17, 15) is 0 Å². The van der Waals surface area contributed by atoms with Crippen LogP contribution in [0.4, 0.5) is 0 Å². The topological polar surface area (TPSA) is 64.1 Å². The zero-order valence-electron chi connectivity index (χ0n) is 17.7. The molecule has 2 N–H and O–H groups in total. The first-order chi connectivity index (χ1) is 13.2. The van der Waals surface area contributed by atoms with Crippen LogP contribution in [0.1, 0.15) is 44.6 Å². The van der Waals surface area contributed by atoms with Gasteiger partial charge in [0.05, 0.1) is 14.2 Å². The number of hydrogen-bond donors (Lipinski definition) is 2. The summed E-state index contributed by atoms with van der Waals surface area (Å²) in [4.78, 5) is 4.38. The van der Waals surface area contributed by atoms with Crippen LogP contribution < -0.4 is 20.1 Å². The third-order valence-electron chi connectivity index (χ3n) is 5.41. The number of nitrogens with zero attached hydrogens (tertiary/aromatic N) is 1. The Balaban J connectivity index is 0.00000392. The number of nitrogens with one attached hydrogen (secondary N) is 2. The van der Waals surface area contributed by atoms with Gasteiger partial charge >= 0.3 is 0 Å². The minimum Gasteiger partial charge on any atom is -0.493 e. The maximum absolute atomic E-state index is 5.60. The second-order valence-corrected chi connectivity index (χ2v) is 7.12. The summed E-state index contributed by atoms with van der Waals surface area (Å²) in [5.74, 6) is 2.30. The number of methoxy groups -OCH3 is 2. The fraction of sp³-hybridized carbons (Fsp3) is 0.667. The molecule has 0 amide bonds. The summed E-state index contributed by atoms with van der Waals surface area (Å²) in [5.41, 5.74) is 1.44. The molecule has 1 aromatic carbocycles. The van der Waals surface area contributed by atoms with E-state index in [2.05, 4.69) is 22.5 Å². The molecule has 0 radical (unpaired) electrons. The van der Waals surface area contributed by atoms with Crippen molar-refractivity contribution in [1.29, 1.82) is 0 Å². The van der Waals surface area contributed by atoms with E-state index in [-0.39, 0.29) is 24.0 Å². The zero-order valence-corrected chi connectivity index (χ0v) is 20.0. The summed E-state index contributed by atoms with van der Waals surface area (Å²) < 4.78 is 16.3. The van der Waals surface area contributed by atoms with Crippen molar-refractivity contribution < 1.29 is 14.2 Å². The first-order valence-electron chi connectivity index (χ1n) is 9.89. The summed E-state index contributed by atoms with van der Waals surface area (Å²) in [6.45, 7) is 5.30. The molecule has 7 heteroatoms. The highest BCUT2D eigenvalue weighted by atomic mass is 127. The Morgan fingerprint density at radius 3 is 2.43 bits per heavy atom. The van der Waals surface area contributed by atoms with E-state index >= 15 is 0 Å². The van der Waals surface area contributed by atoms with E-state index in [0.29, 0.717) is 12.0 Å². The Hall–Kier alpha value is -1.22. The molecule has 0 bridgehead atoms. The number of halogens is 1. The van der Waals surface area contributed by atoms with Gasteiger partial charge in [-0.1, -0.05) is 18.9 Å². The van der Waals surface area contributed by atoms with Crippen molar-refractivity contribution >= 4 is 29.9 Å². The molecule has 0 heterocycles. The molecule has 160 valence electrons. The SMILES string of the molecule is CCOCCC1(CNC(=NC)NCc2ccc(OC)c(OC)c2)CCCC1.I. The second-order valence-electron chi connectivity index (χ2n) is 7.12. The van der Waals surface area contributed by atoms with Gasteiger partial charge in [0, 0.05) is 33.4 Å². The predicted octanol–water partition coefficient (Wildman–Crippen LogP) is 3.97. The highest BCUT2D eigenvalue weighted by molar-refractivity contribution is 14.0. The van der Waals surface area contributed by atoms with Gasteiger partial charge in [-0.3, -0.25) is 4.99 Å². The number of rotatable bonds is 10. The molecule has 1 aromatic rings. The van der Waals surface area contributed by atoms with Crippen LogP contribution in [0.2, 0.25) is 0 Å². The van der Waals surface area contributed by atoms with Crippen molar-refractivity contribution in [2.24, 2.45) is 10.4 Å². The van der Waals surface area contributed by atoms with Gasteiger partial charge in [-0.2, -0.15) is 0 Å². The number of ether oxygens (including phenoxy) is 3. The molecule has 2 rings (SSSR count). The first-order valence-corrected chi connectivity index (χ1v) is 9.89. The predicted molar refractivity (Wildman–Crippen MR) is 125 cm³/mol. The smallest absolute Gasteiger partial charge is 0.191 e. The lowest BCUT2D eigenvalue weighted by Crippen LogP contribution is -2.43. The van der Waals surface area contributed by atoms with E-state index < -0.39 is 0 Å². The third kappa shape index (κ3) is 7.31. The second kappa shape index (κ2) is 13.1. The van der Waals surface area contributed by atoms with Crippen LogP contribution in [0.3, 0.4) is 0 Å². The molecule has 1 fully saturated rings. The van der Waals surface area contributed by atoms with Gasteiger partial charge < -0.3 is 24.8 Å². The van der Waals surface area contributed by atoms with Gasteiger partial charge in [0.2, 0.25) is 0 Å². The largest absolute Gasteiger partial charge is 0.493 e. The molecule has 28 heavy (non-hydrogen) atoms. The normalized spacial score (nSPS) is 15.6. The van der Waals surface area contributed by atoms with Crippen molar-refractivity contribution in [3.05, 3.63) is 23.8 Å². The summed E-state index contributed by atoms with van der Waals surface area (Å²) in [6, 6.07) is 5.94. The molecular formula is C21H36IN3O3. The molecule has 0 atom stereocenters. The highest BCUT2D eigenvalue weighted by Gasteiger charge is 2.33. The van der Waals surface area contributed by atoms with Crippen molar-refractivity contribution in [2.45, 2.75) is 45.6 Å². The average Bonchev–Trinajstić information content (AvgIpc) is 3.17. The van der Waals surface area contributed by atoms with Crippen LogP contribution in [0.25, 0.3) is 0 Å². The van der Waals surface area contributed by atoms with E-state index in [1.54, 1.807) is 14.2 Å². The molecule has 6 nitrogen and oxygen atoms in total. The summed E-state index contributed by atoms with van der Waals surface area (Å²) in [7, 11) is 5.11. The fourth-order valence-corrected chi connectivity index (χ4v) is 3.74. The molecule has 1 saturated carbocycles. The van der Waals surface area contributed by atoms with Gasteiger partial charge in [-0.25, -0.2) is 0 Å². The molecular weight excluding hydrogens is 469 g/mol. The van der Waals surface area contributed by atoms with Crippen molar-refractivity contribution in [2.75, 3.05) is 41.0 Å². The van der Waals surface area contributed by atoms with E-state index in [1.165, 1.54) is 25.7 Å². The van der Waals surface area contributed by atoms with Gasteiger partial charge in [0.1, 0.15) is 0 Å². The Labute approximate surface area is 186 Å².